The van der Waals surface area contributed by atoms with Crippen LogP contribution in [0, 0.1) is 5.41 Å². The molecule has 3 nitrogen and oxygen atoms in total. The van der Waals surface area contributed by atoms with Crippen molar-refractivity contribution in [3.8, 4) is 0 Å². The van der Waals surface area contributed by atoms with Gasteiger partial charge in [-0.15, -0.1) is 0 Å². The van der Waals surface area contributed by atoms with E-state index in [1.165, 1.54) is 0 Å². The van der Waals surface area contributed by atoms with Crippen LogP contribution in [0.15, 0.2) is 0 Å². The van der Waals surface area contributed by atoms with E-state index in [2.05, 4.69) is 0 Å². The van der Waals surface area contributed by atoms with Crippen LogP contribution in [-0.2, 0) is 9.53 Å². The normalized spacial score (nSPS) is 30.8. The van der Waals surface area contributed by atoms with E-state index in [1.54, 1.807) is 0 Å². The molecule has 0 aromatic rings. The molecule has 1 aliphatic rings. The van der Waals surface area contributed by atoms with E-state index in [-0.39, 0.29) is 12.1 Å². The van der Waals surface area contributed by atoms with Crippen LogP contribution in [0.5, 0.6) is 0 Å². The van der Waals surface area contributed by atoms with Crippen molar-refractivity contribution in [3.05, 3.63) is 0 Å². The maximum Gasteiger partial charge on any atom is 0.311 e. The van der Waals surface area contributed by atoms with Gasteiger partial charge >= 0.3 is 5.97 Å². The van der Waals surface area contributed by atoms with Crippen molar-refractivity contribution in [1.29, 1.82) is 0 Å². The van der Waals surface area contributed by atoms with Gasteiger partial charge in [-0.05, 0) is 59.3 Å². The molecule has 3 heteroatoms. The zero-order valence-corrected chi connectivity index (χ0v) is 11.6. The molecule has 0 radical (unpaired) electrons. The molecule has 1 fully saturated rings. The smallest absolute Gasteiger partial charge is 0.311 e. The Morgan fingerprint density at radius 1 is 1.41 bits per heavy atom. The second-order valence-electron chi connectivity index (χ2n) is 6.19. The van der Waals surface area contributed by atoms with Crippen molar-refractivity contribution >= 4 is 5.97 Å². The van der Waals surface area contributed by atoms with E-state index < -0.39 is 11.0 Å². The van der Waals surface area contributed by atoms with Crippen molar-refractivity contribution < 1.29 is 14.6 Å². The van der Waals surface area contributed by atoms with Crippen molar-refractivity contribution in [2.45, 2.75) is 77.9 Å². The molecule has 2 unspecified atom stereocenters. The quantitative estimate of drug-likeness (QED) is 0.611. The van der Waals surface area contributed by atoms with Crippen LogP contribution in [0.3, 0.4) is 0 Å². The zero-order chi connectivity index (χ0) is 13.1. The Morgan fingerprint density at radius 2 is 2.06 bits per heavy atom. The summed E-state index contributed by atoms with van der Waals surface area (Å²) in [6.45, 7) is 7.71. The van der Waals surface area contributed by atoms with E-state index in [4.69, 9.17) is 4.74 Å². The van der Waals surface area contributed by atoms with Crippen LogP contribution in [0.2, 0.25) is 0 Å². The Morgan fingerprint density at radius 3 is 2.65 bits per heavy atom. The fraction of sp³-hybridized carbons (Fsp3) is 0.929. The van der Waals surface area contributed by atoms with Gasteiger partial charge in [0.2, 0.25) is 0 Å². The topological polar surface area (TPSA) is 46.5 Å². The molecule has 0 aromatic carbocycles. The lowest BCUT2D eigenvalue weighted by Gasteiger charge is -2.25. The highest BCUT2D eigenvalue weighted by atomic mass is 16.5. The Bertz CT molecular complexity index is 269. The highest BCUT2D eigenvalue weighted by Crippen LogP contribution is 2.30. The summed E-state index contributed by atoms with van der Waals surface area (Å²) in [4.78, 5) is 12.0. The third-order valence-electron chi connectivity index (χ3n) is 3.96. The van der Waals surface area contributed by atoms with Crippen LogP contribution in [-0.4, -0.2) is 22.8 Å². The maximum atomic E-state index is 12.0. The Balaban J connectivity index is 2.50. The van der Waals surface area contributed by atoms with Gasteiger partial charge in [0.15, 0.2) is 0 Å². The first kappa shape index (κ1) is 14.5. The lowest BCUT2D eigenvalue weighted by Crippen LogP contribution is -2.30. The molecule has 17 heavy (non-hydrogen) atoms. The molecule has 0 aromatic heterocycles. The molecule has 0 saturated heterocycles. The number of carbonyl (C=O) groups is 1. The highest BCUT2D eigenvalue weighted by Gasteiger charge is 2.32. The van der Waals surface area contributed by atoms with E-state index in [0.717, 1.165) is 38.5 Å². The molecule has 0 heterocycles. The molecule has 1 saturated carbocycles. The van der Waals surface area contributed by atoms with Crippen LogP contribution in [0.4, 0.5) is 0 Å². The number of hydrogen-bond acceptors (Lipinski definition) is 3. The predicted molar refractivity (Wildman–Crippen MR) is 67.7 cm³/mol. The SMILES string of the molecule is CCC(C)(C)C(=O)OC1CCCC(C)(O)CC1. The second-order valence-corrected chi connectivity index (χ2v) is 6.19. The molecule has 2 atom stereocenters. The van der Waals surface area contributed by atoms with Crippen LogP contribution in [0.1, 0.15) is 66.2 Å². The molecule has 1 rings (SSSR count). The summed E-state index contributed by atoms with van der Waals surface area (Å²) >= 11 is 0. The van der Waals surface area contributed by atoms with Crippen LogP contribution < -0.4 is 0 Å². The number of aliphatic hydroxyl groups is 1. The van der Waals surface area contributed by atoms with Gasteiger partial charge in [-0.25, -0.2) is 0 Å². The van der Waals surface area contributed by atoms with Gasteiger partial charge in [-0.1, -0.05) is 6.92 Å². The first-order valence-electron chi connectivity index (χ1n) is 6.70. The molecule has 0 amide bonds. The largest absolute Gasteiger partial charge is 0.462 e. The van der Waals surface area contributed by atoms with Gasteiger partial charge in [-0.3, -0.25) is 4.79 Å². The number of hydrogen-bond donors (Lipinski definition) is 1. The molecule has 1 aliphatic carbocycles. The summed E-state index contributed by atoms with van der Waals surface area (Å²) in [7, 11) is 0. The minimum absolute atomic E-state index is 0.0118. The summed E-state index contributed by atoms with van der Waals surface area (Å²) in [5.41, 5.74) is -0.976. The number of ether oxygens (including phenoxy) is 1. The number of rotatable bonds is 3. The van der Waals surface area contributed by atoms with E-state index in [1.807, 2.05) is 27.7 Å². The van der Waals surface area contributed by atoms with E-state index in [0.29, 0.717) is 0 Å². The van der Waals surface area contributed by atoms with Gasteiger partial charge in [0.25, 0.3) is 0 Å². The average Bonchev–Trinajstić information content (AvgIpc) is 2.40. The van der Waals surface area contributed by atoms with Gasteiger partial charge in [-0.2, -0.15) is 0 Å². The zero-order valence-electron chi connectivity index (χ0n) is 11.6. The first-order chi connectivity index (χ1) is 7.77. The molecular formula is C14H26O3. The van der Waals surface area contributed by atoms with Gasteiger partial charge < -0.3 is 9.84 Å². The molecule has 1 N–H and O–H groups in total. The van der Waals surface area contributed by atoms with Crippen molar-refractivity contribution in [1.82, 2.24) is 0 Å². The summed E-state index contributed by atoms with van der Waals surface area (Å²) in [6, 6.07) is 0. The van der Waals surface area contributed by atoms with Crippen molar-refractivity contribution in [2.75, 3.05) is 0 Å². The van der Waals surface area contributed by atoms with Crippen LogP contribution >= 0.6 is 0 Å². The number of carbonyl (C=O) groups excluding carboxylic acids is 1. The Hall–Kier alpha value is -0.570. The Labute approximate surface area is 105 Å². The van der Waals surface area contributed by atoms with Gasteiger partial charge in [0.1, 0.15) is 6.10 Å². The maximum absolute atomic E-state index is 12.0. The minimum Gasteiger partial charge on any atom is -0.462 e. The minimum atomic E-state index is -0.582. The number of esters is 1. The average molecular weight is 242 g/mol. The molecule has 100 valence electrons. The highest BCUT2D eigenvalue weighted by molar-refractivity contribution is 5.75. The third kappa shape index (κ3) is 4.30. The standard InChI is InChI=1S/C14H26O3/c1-5-13(2,3)12(15)17-11-7-6-9-14(4,16)10-8-11/h11,16H,5-10H2,1-4H3. The molecule has 0 bridgehead atoms. The lowest BCUT2D eigenvalue weighted by molar-refractivity contribution is -0.160. The molecular weight excluding hydrogens is 216 g/mol. The van der Waals surface area contributed by atoms with Crippen LogP contribution in [0.25, 0.3) is 0 Å². The molecule has 0 aliphatic heterocycles. The summed E-state index contributed by atoms with van der Waals surface area (Å²) < 4.78 is 5.57. The summed E-state index contributed by atoms with van der Waals surface area (Å²) in [6.07, 6.45) is 4.88. The lowest BCUT2D eigenvalue weighted by atomic mass is 9.90. The predicted octanol–water partition coefficient (Wildman–Crippen LogP) is 3.05. The first-order valence-corrected chi connectivity index (χ1v) is 6.70. The monoisotopic (exact) mass is 242 g/mol. The second kappa shape index (κ2) is 5.38. The fourth-order valence-electron chi connectivity index (χ4n) is 2.02. The van der Waals surface area contributed by atoms with Gasteiger partial charge in [0.05, 0.1) is 11.0 Å². The van der Waals surface area contributed by atoms with Crippen molar-refractivity contribution in [3.63, 3.8) is 0 Å². The van der Waals surface area contributed by atoms with Crippen molar-refractivity contribution in [2.24, 2.45) is 5.41 Å². The van der Waals surface area contributed by atoms with Gasteiger partial charge in [0, 0.05) is 0 Å². The Kier molecular flexibility index (Phi) is 4.59. The summed E-state index contributed by atoms with van der Waals surface area (Å²) in [5.74, 6) is -0.105. The van der Waals surface area contributed by atoms with E-state index >= 15 is 0 Å². The molecule has 0 spiro atoms. The third-order valence-corrected chi connectivity index (χ3v) is 3.96. The fourth-order valence-corrected chi connectivity index (χ4v) is 2.02. The van der Waals surface area contributed by atoms with E-state index in [9.17, 15) is 9.90 Å². The summed E-state index contributed by atoms with van der Waals surface area (Å²) in [5, 5.41) is 9.97.